The van der Waals surface area contributed by atoms with Crippen molar-refractivity contribution in [2.24, 2.45) is 0 Å². The van der Waals surface area contributed by atoms with Crippen molar-refractivity contribution in [2.45, 2.75) is 31.7 Å². The minimum absolute atomic E-state index is 0.188. The lowest BCUT2D eigenvalue weighted by Crippen LogP contribution is -2.44. The molecule has 1 aromatic rings. The number of hydrogen-bond acceptors (Lipinski definition) is 5. The Hall–Kier alpha value is -1.36. The lowest BCUT2D eigenvalue weighted by molar-refractivity contribution is 0.0752. The molecule has 1 fully saturated rings. The molecule has 1 aromatic carbocycles. The third-order valence-electron chi connectivity index (χ3n) is 3.78. The Balaban J connectivity index is 2.04. The molecular weight excluding hydrogens is 305 g/mol. The van der Waals surface area contributed by atoms with Crippen molar-refractivity contribution in [1.82, 2.24) is 4.90 Å². The van der Waals surface area contributed by atoms with Gasteiger partial charge < -0.3 is 13.8 Å². The molecule has 1 heterocycles. The van der Waals surface area contributed by atoms with Gasteiger partial charge in [0, 0.05) is 20.8 Å². The summed E-state index contributed by atoms with van der Waals surface area (Å²) in [6.45, 7) is 0.683. The Morgan fingerprint density at radius 3 is 2.55 bits per heavy atom. The summed E-state index contributed by atoms with van der Waals surface area (Å²) in [5.41, 5.74) is 0.908. The number of piperidine rings is 1. The largest absolute Gasteiger partial charge is 0.445 e. The molecule has 0 N–H and O–H groups in total. The minimum atomic E-state index is -3.34. The van der Waals surface area contributed by atoms with Crippen LogP contribution in [0.1, 0.15) is 24.8 Å². The maximum absolute atomic E-state index is 12.6. The molecule has 6 nitrogen and oxygen atoms in total. The summed E-state index contributed by atoms with van der Waals surface area (Å²) >= 11 is 0. The van der Waals surface area contributed by atoms with E-state index < -0.39 is 19.5 Å². The predicted molar refractivity (Wildman–Crippen MR) is 82.6 cm³/mol. The standard InChI is InChI=1S/C15H22NO5P/c1-19-22(18,20-2)14-10-6-7-11-16(14)15(17)21-12-13-8-4-3-5-9-13/h3-5,8-9,14H,6-7,10-12H2,1-2H3. The molecule has 7 heteroatoms. The van der Waals surface area contributed by atoms with Crippen LogP contribution < -0.4 is 0 Å². The van der Waals surface area contributed by atoms with E-state index in [1.165, 1.54) is 19.1 Å². The van der Waals surface area contributed by atoms with Crippen molar-refractivity contribution in [1.29, 1.82) is 0 Å². The molecule has 0 aliphatic carbocycles. The summed E-state index contributed by atoms with van der Waals surface area (Å²) in [5.74, 6) is -0.584. The highest BCUT2D eigenvalue weighted by Crippen LogP contribution is 2.55. The quantitative estimate of drug-likeness (QED) is 0.773. The van der Waals surface area contributed by atoms with Gasteiger partial charge in [0.2, 0.25) is 0 Å². The Kier molecular flexibility index (Phi) is 6.00. The summed E-state index contributed by atoms with van der Waals surface area (Å²) in [5, 5.41) is 0. The van der Waals surface area contributed by atoms with Crippen molar-refractivity contribution in [3.05, 3.63) is 35.9 Å². The van der Waals surface area contributed by atoms with E-state index in [-0.39, 0.29) is 6.61 Å². The van der Waals surface area contributed by atoms with Crippen molar-refractivity contribution in [3.63, 3.8) is 0 Å². The van der Waals surface area contributed by atoms with Gasteiger partial charge in [-0.3, -0.25) is 9.46 Å². The second kappa shape index (κ2) is 7.77. The molecule has 1 atom stereocenters. The lowest BCUT2D eigenvalue weighted by atomic mass is 10.1. The van der Waals surface area contributed by atoms with Crippen molar-refractivity contribution < 1.29 is 23.1 Å². The van der Waals surface area contributed by atoms with Crippen LogP contribution in [-0.4, -0.2) is 37.5 Å². The van der Waals surface area contributed by atoms with Crippen LogP contribution in [0.2, 0.25) is 0 Å². The molecule has 2 rings (SSSR count). The average Bonchev–Trinajstić information content (AvgIpc) is 2.60. The van der Waals surface area contributed by atoms with Gasteiger partial charge in [-0.2, -0.15) is 0 Å². The summed E-state index contributed by atoms with van der Waals surface area (Å²) in [6.07, 6.45) is 1.83. The SMILES string of the molecule is COP(=O)(OC)C1CCCCN1C(=O)OCc1ccccc1. The highest BCUT2D eigenvalue weighted by molar-refractivity contribution is 7.54. The van der Waals surface area contributed by atoms with Gasteiger partial charge in [0.15, 0.2) is 0 Å². The van der Waals surface area contributed by atoms with E-state index in [1.807, 2.05) is 30.3 Å². The second-order valence-electron chi connectivity index (χ2n) is 5.11. The number of ether oxygens (including phenoxy) is 1. The fourth-order valence-corrected chi connectivity index (χ4v) is 4.26. The maximum Gasteiger partial charge on any atom is 0.410 e. The molecular formula is C15H22NO5P. The first-order valence-corrected chi connectivity index (χ1v) is 8.90. The van der Waals surface area contributed by atoms with Gasteiger partial charge in [-0.05, 0) is 24.8 Å². The van der Waals surface area contributed by atoms with Gasteiger partial charge in [0.05, 0.1) is 0 Å². The zero-order valence-electron chi connectivity index (χ0n) is 12.9. The molecule has 1 saturated heterocycles. The van der Waals surface area contributed by atoms with E-state index >= 15 is 0 Å². The van der Waals surface area contributed by atoms with Crippen molar-refractivity contribution in [3.8, 4) is 0 Å². The van der Waals surface area contributed by atoms with E-state index in [1.54, 1.807) is 0 Å². The first-order chi connectivity index (χ1) is 10.6. The third kappa shape index (κ3) is 3.88. The summed E-state index contributed by atoms with van der Waals surface area (Å²) in [7, 11) is -0.658. The van der Waals surface area contributed by atoms with Crippen LogP contribution in [0.3, 0.4) is 0 Å². The van der Waals surface area contributed by atoms with Gasteiger partial charge in [-0.1, -0.05) is 30.3 Å². The molecule has 0 radical (unpaired) electrons. The Bertz CT molecular complexity index is 528. The molecule has 1 aliphatic rings. The normalized spacial score (nSPS) is 19.0. The van der Waals surface area contributed by atoms with Crippen molar-refractivity contribution in [2.75, 3.05) is 20.8 Å². The van der Waals surface area contributed by atoms with Crippen LogP contribution in [0.25, 0.3) is 0 Å². The van der Waals surface area contributed by atoms with Crippen LogP contribution in [0.15, 0.2) is 30.3 Å². The van der Waals surface area contributed by atoms with Crippen molar-refractivity contribution >= 4 is 13.7 Å². The van der Waals surface area contributed by atoms with E-state index in [4.69, 9.17) is 13.8 Å². The van der Waals surface area contributed by atoms with Crippen LogP contribution in [0, 0.1) is 0 Å². The van der Waals surface area contributed by atoms with Crippen LogP contribution >= 0.6 is 7.60 Å². The zero-order chi connectivity index (χ0) is 16.0. The Morgan fingerprint density at radius 1 is 1.23 bits per heavy atom. The fourth-order valence-electron chi connectivity index (χ4n) is 2.58. The van der Waals surface area contributed by atoms with Crippen LogP contribution in [-0.2, 0) is 25.0 Å². The zero-order valence-corrected chi connectivity index (χ0v) is 13.8. The molecule has 0 bridgehead atoms. The predicted octanol–water partition coefficient (Wildman–Crippen LogP) is 3.62. The number of nitrogens with zero attached hydrogens (tertiary/aromatic N) is 1. The third-order valence-corrected chi connectivity index (χ3v) is 6.07. The number of amides is 1. The van der Waals surface area contributed by atoms with E-state index in [9.17, 15) is 9.36 Å². The minimum Gasteiger partial charge on any atom is -0.445 e. The first kappa shape index (κ1) is 17.0. The second-order valence-corrected chi connectivity index (χ2v) is 7.52. The monoisotopic (exact) mass is 327 g/mol. The smallest absolute Gasteiger partial charge is 0.410 e. The summed E-state index contributed by atoms with van der Waals surface area (Å²) < 4.78 is 28.0. The number of benzene rings is 1. The summed E-state index contributed by atoms with van der Waals surface area (Å²) in [4.78, 5) is 13.8. The molecule has 122 valence electrons. The fraction of sp³-hybridized carbons (Fsp3) is 0.533. The molecule has 1 unspecified atom stereocenters. The van der Waals surface area contributed by atoms with Gasteiger partial charge in [-0.25, -0.2) is 4.79 Å². The number of rotatable bonds is 5. The topological polar surface area (TPSA) is 65.1 Å². The van der Waals surface area contributed by atoms with Gasteiger partial charge in [0.1, 0.15) is 12.4 Å². The van der Waals surface area contributed by atoms with E-state index in [2.05, 4.69) is 0 Å². The summed E-state index contributed by atoms with van der Waals surface area (Å²) in [6, 6.07) is 9.44. The molecule has 1 aliphatic heterocycles. The van der Waals surface area contributed by atoms with Crippen LogP contribution in [0.5, 0.6) is 0 Å². The molecule has 0 saturated carbocycles. The van der Waals surface area contributed by atoms with Crippen LogP contribution in [0.4, 0.5) is 4.79 Å². The average molecular weight is 327 g/mol. The number of hydrogen-bond donors (Lipinski definition) is 0. The number of carbonyl (C=O) groups excluding carboxylic acids is 1. The molecule has 22 heavy (non-hydrogen) atoms. The Morgan fingerprint density at radius 2 is 1.91 bits per heavy atom. The number of carbonyl (C=O) groups is 1. The van der Waals surface area contributed by atoms with E-state index in [0.29, 0.717) is 13.0 Å². The van der Waals surface area contributed by atoms with Gasteiger partial charge in [-0.15, -0.1) is 0 Å². The van der Waals surface area contributed by atoms with E-state index in [0.717, 1.165) is 18.4 Å². The van der Waals surface area contributed by atoms with Gasteiger partial charge >= 0.3 is 13.7 Å². The first-order valence-electron chi connectivity index (χ1n) is 7.29. The number of likely N-dealkylation sites (tertiary alicyclic amines) is 1. The molecule has 0 aromatic heterocycles. The lowest BCUT2D eigenvalue weighted by Gasteiger charge is -2.37. The molecule has 0 spiro atoms. The molecule has 1 amide bonds. The maximum atomic E-state index is 12.6. The van der Waals surface area contributed by atoms with Gasteiger partial charge in [0.25, 0.3) is 0 Å². The Labute approximate surface area is 130 Å². The highest BCUT2D eigenvalue weighted by Gasteiger charge is 2.42. The highest BCUT2D eigenvalue weighted by atomic mass is 31.2.